The third kappa shape index (κ3) is 2.44. The SMILES string of the molecule is CN1CCC(N=C(N)C2CC2)CC1. The lowest BCUT2D eigenvalue weighted by molar-refractivity contribution is 0.257. The van der Waals surface area contributed by atoms with E-state index in [1.807, 2.05) is 0 Å². The summed E-state index contributed by atoms with van der Waals surface area (Å²) in [4.78, 5) is 6.96. The number of hydrogen-bond acceptors (Lipinski definition) is 2. The number of aliphatic imine (C=N–C) groups is 1. The van der Waals surface area contributed by atoms with Gasteiger partial charge in [0.15, 0.2) is 0 Å². The van der Waals surface area contributed by atoms with Crippen LogP contribution >= 0.6 is 0 Å². The predicted octanol–water partition coefficient (Wildman–Crippen LogP) is 0.848. The molecule has 1 saturated carbocycles. The van der Waals surface area contributed by atoms with Crippen molar-refractivity contribution in [3.05, 3.63) is 0 Å². The average Bonchev–Trinajstić information content (AvgIpc) is 2.91. The third-order valence-corrected chi connectivity index (χ3v) is 3.02. The summed E-state index contributed by atoms with van der Waals surface area (Å²) in [6.07, 6.45) is 4.90. The summed E-state index contributed by atoms with van der Waals surface area (Å²) in [7, 11) is 2.17. The second-order valence-corrected chi connectivity index (χ2v) is 4.36. The maximum atomic E-state index is 5.88. The number of amidine groups is 1. The molecule has 0 aromatic carbocycles. The van der Waals surface area contributed by atoms with E-state index in [1.54, 1.807) is 0 Å². The van der Waals surface area contributed by atoms with E-state index in [2.05, 4.69) is 16.9 Å². The summed E-state index contributed by atoms with van der Waals surface area (Å²) in [5, 5.41) is 0. The van der Waals surface area contributed by atoms with Gasteiger partial charge in [-0.3, -0.25) is 4.99 Å². The van der Waals surface area contributed by atoms with E-state index in [0.29, 0.717) is 12.0 Å². The van der Waals surface area contributed by atoms with E-state index in [1.165, 1.54) is 38.8 Å². The molecule has 3 heteroatoms. The van der Waals surface area contributed by atoms with Crippen LogP contribution in [0.15, 0.2) is 4.99 Å². The summed E-state index contributed by atoms with van der Waals surface area (Å²) in [5.74, 6) is 1.56. The molecule has 0 amide bonds. The summed E-state index contributed by atoms with van der Waals surface area (Å²) < 4.78 is 0. The fraction of sp³-hybridized carbons (Fsp3) is 0.900. The van der Waals surface area contributed by atoms with Crippen molar-refractivity contribution in [3.8, 4) is 0 Å². The van der Waals surface area contributed by atoms with Crippen molar-refractivity contribution >= 4 is 5.84 Å². The van der Waals surface area contributed by atoms with Gasteiger partial charge < -0.3 is 10.6 Å². The lowest BCUT2D eigenvalue weighted by Crippen LogP contribution is -2.33. The fourth-order valence-corrected chi connectivity index (χ4v) is 1.82. The first-order valence-corrected chi connectivity index (χ1v) is 5.27. The summed E-state index contributed by atoms with van der Waals surface area (Å²) in [5.41, 5.74) is 5.88. The Kier molecular flexibility index (Phi) is 2.54. The van der Waals surface area contributed by atoms with Crippen molar-refractivity contribution in [2.24, 2.45) is 16.6 Å². The normalized spacial score (nSPS) is 27.9. The summed E-state index contributed by atoms with van der Waals surface area (Å²) in [6, 6.07) is 0.511. The summed E-state index contributed by atoms with van der Waals surface area (Å²) in [6.45, 7) is 2.35. The van der Waals surface area contributed by atoms with Crippen LogP contribution in [-0.2, 0) is 0 Å². The van der Waals surface area contributed by atoms with Gasteiger partial charge >= 0.3 is 0 Å². The van der Waals surface area contributed by atoms with Crippen LogP contribution in [-0.4, -0.2) is 36.9 Å². The quantitative estimate of drug-likeness (QED) is 0.507. The highest BCUT2D eigenvalue weighted by atomic mass is 15.1. The van der Waals surface area contributed by atoms with E-state index in [4.69, 9.17) is 5.73 Å². The number of hydrogen-bond donors (Lipinski definition) is 1. The minimum atomic E-state index is 0.511. The van der Waals surface area contributed by atoms with Crippen molar-refractivity contribution < 1.29 is 0 Å². The Bertz CT molecular complexity index is 200. The molecule has 74 valence electrons. The molecule has 1 heterocycles. The number of nitrogens with zero attached hydrogens (tertiary/aromatic N) is 2. The fourth-order valence-electron chi connectivity index (χ4n) is 1.82. The van der Waals surface area contributed by atoms with E-state index in [9.17, 15) is 0 Å². The highest BCUT2D eigenvalue weighted by Crippen LogP contribution is 2.29. The topological polar surface area (TPSA) is 41.6 Å². The Morgan fingerprint density at radius 3 is 2.38 bits per heavy atom. The lowest BCUT2D eigenvalue weighted by atomic mass is 10.1. The van der Waals surface area contributed by atoms with Crippen molar-refractivity contribution in [3.63, 3.8) is 0 Å². The second kappa shape index (κ2) is 3.66. The van der Waals surface area contributed by atoms with Crippen molar-refractivity contribution in [1.29, 1.82) is 0 Å². The number of piperidine rings is 1. The molecule has 2 N–H and O–H groups in total. The van der Waals surface area contributed by atoms with Gasteiger partial charge in [-0.1, -0.05) is 0 Å². The van der Waals surface area contributed by atoms with Crippen molar-refractivity contribution in [2.45, 2.75) is 31.7 Å². The maximum Gasteiger partial charge on any atom is 0.0971 e. The molecule has 0 atom stereocenters. The number of nitrogens with two attached hydrogens (primary N) is 1. The standard InChI is InChI=1S/C10H19N3/c1-13-6-4-9(5-7-13)12-10(11)8-2-3-8/h8-9H,2-7H2,1H3,(H2,11,12). The molecule has 13 heavy (non-hydrogen) atoms. The molecule has 0 unspecified atom stereocenters. The van der Waals surface area contributed by atoms with Crippen LogP contribution in [0.3, 0.4) is 0 Å². The molecule has 0 radical (unpaired) electrons. The molecule has 0 bridgehead atoms. The molecule has 0 spiro atoms. The zero-order valence-corrected chi connectivity index (χ0v) is 8.37. The first kappa shape index (κ1) is 9.00. The van der Waals surface area contributed by atoms with Gasteiger partial charge in [0.1, 0.15) is 0 Å². The van der Waals surface area contributed by atoms with Gasteiger partial charge in [-0.05, 0) is 45.8 Å². The van der Waals surface area contributed by atoms with Crippen LogP contribution in [0.1, 0.15) is 25.7 Å². The Morgan fingerprint density at radius 1 is 1.23 bits per heavy atom. The largest absolute Gasteiger partial charge is 0.387 e. The van der Waals surface area contributed by atoms with Crippen LogP contribution in [0.4, 0.5) is 0 Å². The van der Waals surface area contributed by atoms with Gasteiger partial charge in [0.05, 0.1) is 11.9 Å². The van der Waals surface area contributed by atoms with Gasteiger partial charge in [-0.25, -0.2) is 0 Å². The smallest absolute Gasteiger partial charge is 0.0971 e. The van der Waals surface area contributed by atoms with Crippen molar-refractivity contribution in [2.75, 3.05) is 20.1 Å². The van der Waals surface area contributed by atoms with Crippen molar-refractivity contribution in [1.82, 2.24) is 4.90 Å². The van der Waals surface area contributed by atoms with E-state index >= 15 is 0 Å². The molecule has 1 aliphatic carbocycles. The molecule has 1 saturated heterocycles. The average molecular weight is 181 g/mol. The van der Waals surface area contributed by atoms with Crippen LogP contribution in [0, 0.1) is 5.92 Å². The Labute approximate surface area is 80.0 Å². The van der Waals surface area contributed by atoms with Crippen LogP contribution in [0.5, 0.6) is 0 Å². The highest BCUT2D eigenvalue weighted by Gasteiger charge is 2.26. The first-order chi connectivity index (χ1) is 6.25. The van der Waals surface area contributed by atoms with Gasteiger partial charge in [0, 0.05) is 5.92 Å². The predicted molar refractivity (Wildman–Crippen MR) is 54.9 cm³/mol. The molecule has 2 rings (SSSR count). The third-order valence-electron chi connectivity index (χ3n) is 3.02. The summed E-state index contributed by atoms with van der Waals surface area (Å²) >= 11 is 0. The highest BCUT2D eigenvalue weighted by molar-refractivity contribution is 5.85. The molecular formula is C10H19N3. The Hall–Kier alpha value is -0.570. The molecule has 3 nitrogen and oxygen atoms in total. The molecule has 0 aromatic heterocycles. The van der Waals surface area contributed by atoms with Crippen LogP contribution < -0.4 is 5.73 Å². The van der Waals surface area contributed by atoms with Crippen LogP contribution in [0.25, 0.3) is 0 Å². The monoisotopic (exact) mass is 181 g/mol. The second-order valence-electron chi connectivity index (χ2n) is 4.36. The minimum absolute atomic E-state index is 0.511. The van der Waals surface area contributed by atoms with E-state index in [-0.39, 0.29) is 0 Å². The first-order valence-electron chi connectivity index (χ1n) is 5.27. The zero-order valence-electron chi connectivity index (χ0n) is 8.37. The molecule has 0 aromatic rings. The lowest BCUT2D eigenvalue weighted by Gasteiger charge is -2.26. The van der Waals surface area contributed by atoms with E-state index in [0.717, 1.165) is 5.84 Å². The van der Waals surface area contributed by atoms with Crippen LogP contribution in [0.2, 0.25) is 0 Å². The van der Waals surface area contributed by atoms with Gasteiger partial charge in [-0.15, -0.1) is 0 Å². The van der Waals surface area contributed by atoms with E-state index < -0.39 is 0 Å². The number of rotatable bonds is 2. The maximum absolute atomic E-state index is 5.88. The molecule has 2 aliphatic rings. The van der Waals surface area contributed by atoms with Gasteiger partial charge in [-0.2, -0.15) is 0 Å². The Morgan fingerprint density at radius 2 is 1.85 bits per heavy atom. The van der Waals surface area contributed by atoms with Gasteiger partial charge in [0.25, 0.3) is 0 Å². The molecular weight excluding hydrogens is 162 g/mol. The molecule has 2 fully saturated rings. The van der Waals surface area contributed by atoms with Gasteiger partial charge in [0.2, 0.25) is 0 Å². The Balaban J connectivity index is 1.83. The zero-order chi connectivity index (χ0) is 9.26. The number of likely N-dealkylation sites (tertiary alicyclic amines) is 1. The molecule has 1 aliphatic heterocycles. The minimum Gasteiger partial charge on any atom is -0.387 e.